The van der Waals surface area contributed by atoms with Crippen molar-refractivity contribution in [1.82, 2.24) is 15.4 Å². The Morgan fingerprint density at radius 2 is 2.11 bits per heavy atom. The molecule has 0 radical (unpaired) electrons. The highest BCUT2D eigenvalue weighted by molar-refractivity contribution is 5.61. The Bertz CT molecular complexity index is 526. The molecule has 0 saturated carbocycles. The molecule has 0 bridgehead atoms. The van der Waals surface area contributed by atoms with E-state index >= 15 is 0 Å². The average Bonchev–Trinajstić information content (AvgIpc) is 3.08. The molecule has 1 saturated heterocycles. The van der Waals surface area contributed by atoms with Crippen LogP contribution in [0.25, 0.3) is 11.3 Å². The van der Waals surface area contributed by atoms with Gasteiger partial charge in [-0.05, 0) is 6.42 Å². The number of rotatable bonds is 4. The van der Waals surface area contributed by atoms with E-state index in [0.29, 0.717) is 6.61 Å². The minimum atomic E-state index is -0.412. The van der Waals surface area contributed by atoms with Crippen LogP contribution < -0.4 is 0 Å². The van der Waals surface area contributed by atoms with Gasteiger partial charge in [-0.3, -0.25) is 0 Å². The third kappa shape index (κ3) is 2.52. The number of nitrogens with zero attached hydrogens (tertiary/aromatic N) is 2. The Morgan fingerprint density at radius 3 is 2.89 bits per heavy atom. The summed E-state index contributed by atoms with van der Waals surface area (Å²) in [5.41, 5.74) is 2.53. The fourth-order valence-electron chi connectivity index (χ4n) is 2.28. The van der Waals surface area contributed by atoms with Crippen molar-refractivity contribution in [3.63, 3.8) is 0 Å². The maximum absolute atomic E-state index is 5.86. The van der Waals surface area contributed by atoms with Crippen LogP contribution >= 0.6 is 0 Å². The number of hydrogen-bond donors (Lipinski definition) is 1. The van der Waals surface area contributed by atoms with E-state index in [0.717, 1.165) is 29.8 Å². The highest BCUT2D eigenvalue weighted by Crippen LogP contribution is 2.32. The molecule has 100 valence electrons. The molecule has 1 aromatic heterocycles. The van der Waals surface area contributed by atoms with Crippen LogP contribution in [-0.4, -0.2) is 28.1 Å². The largest absolute Gasteiger partial charge is 0.344 e. The van der Waals surface area contributed by atoms with Crippen molar-refractivity contribution in [3.05, 3.63) is 36.0 Å². The maximum atomic E-state index is 5.86. The number of hydrogen-bond acceptors (Lipinski definition) is 4. The molecule has 3 rings (SSSR count). The van der Waals surface area contributed by atoms with Gasteiger partial charge >= 0.3 is 0 Å². The lowest BCUT2D eigenvalue weighted by molar-refractivity contribution is -0.0637. The van der Waals surface area contributed by atoms with Crippen LogP contribution in [0, 0.1) is 0 Å². The molecule has 0 spiro atoms. The minimum Gasteiger partial charge on any atom is -0.344 e. The molecule has 2 aromatic rings. The third-order valence-electron chi connectivity index (χ3n) is 3.21. The van der Waals surface area contributed by atoms with Gasteiger partial charge in [0.25, 0.3) is 0 Å². The first-order valence-corrected chi connectivity index (χ1v) is 6.61. The van der Waals surface area contributed by atoms with Gasteiger partial charge in [-0.1, -0.05) is 43.7 Å². The molecule has 1 fully saturated rings. The molecule has 1 N–H and O–H groups in total. The molecule has 5 heteroatoms. The van der Waals surface area contributed by atoms with Crippen molar-refractivity contribution in [2.45, 2.75) is 32.2 Å². The smallest absolute Gasteiger partial charge is 0.205 e. The SMILES string of the molecule is CCCC1COC(c2n[nH]nc2-c2ccccc2)O1. The molecule has 1 aliphatic heterocycles. The fraction of sp³-hybridized carbons (Fsp3) is 0.429. The van der Waals surface area contributed by atoms with Crippen molar-refractivity contribution in [2.24, 2.45) is 0 Å². The summed E-state index contributed by atoms with van der Waals surface area (Å²) in [5.74, 6) is 0. The zero-order valence-corrected chi connectivity index (χ0v) is 10.9. The molecule has 1 aromatic carbocycles. The lowest BCUT2D eigenvalue weighted by Gasteiger charge is -2.09. The summed E-state index contributed by atoms with van der Waals surface area (Å²) >= 11 is 0. The predicted molar refractivity (Wildman–Crippen MR) is 70.3 cm³/mol. The van der Waals surface area contributed by atoms with Crippen molar-refractivity contribution >= 4 is 0 Å². The zero-order valence-electron chi connectivity index (χ0n) is 10.9. The van der Waals surface area contributed by atoms with Crippen LogP contribution in [-0.2, 0) is 9.47 Å². The molecule has 0 aliphatic carbocycles. The first-order chi connectivity index (χ1) is 9.38. The number of nitrogens with one attached hydrogen (secondary N) is 1. The molecule has 19 heavy (non-hydrogen) atoms. The standard InChI is InChI=1S/C14H17N3O2/c1-2-6-11-9-18-14(19-11)13-12(15-17-16-13)10-7-4-3-5-8-10/h3-5,7-8,11,14H,2,6,9H2,1H3,(H,15,16,17). The van der Waals surface area contributed by atoms with Crippen molar-refractivity contribution < 1.29 is 9.47 Å². The molecular weight excluding hydrogens is 242 g/mol. The van der Waals surface area contributed by atoms with Gasteiger partial charge in [0, 0.05) is 5.56 Å². The topological polar surface area (TPSA) is 60.0 Å². The first kappa shape index (κ1) is 12.3. The normalized spacial score (nSPS) is 22.8. The Hall–Kier alpha value is -1.72. The summed E-state index contributed by atoms with van der Waals surface area (Å²) in [7, 11) is 0. The Kier molecular flexibility index (Phi) is 3.57. The van der Waals surface area contributed by atoms with Gasteiger partial charge in [-0.15, -0.1) is 0 Å². The molecule has 2 atom stereocenters. The predicted octanol–water partition coefficient (Wildman–Crippen LogP) is 2.69. The summed E-state index contributed by atoms with van der Waals surface area (Å²) in [5, 5.41) is 11.0. The van der Waals surface area contributed by atoms with Crippen LogP contribution in [0.5, 0.6) is 0 Å². The lowest BCUT2D eigenvalue weighted by atomic mass is 10.1. The Balaban J connectivity index is 1.82. The van der Waals surface area contributed by atoms with E-state index < -0.39 is 6.29 Å². The monoisotopic (exact) mass is 259 g/mol. The van der Waals surface area contributed by atoms with Gasteiger partial charge in [-0.2, -0.15) is 15.4 Å². The van der Waals surface area contributed by atoms with Gasteiger partial charge in [-0.25, -0.2) is 0 Å². The second kappa shape index (κ2) is 5.50. The van der Waals surface area contributed by atoms with Crippen LogP contribution in [0.15, 0.2) is 30.3 Å². The Labute approximate surface area is 111 Å². The first-order valence-electron chi connectivity index (χ1n) is 6.61. The van der Waals surface area contributed by atoms with E-state index in [-0.39, 0.29) is 6.10 Å². The van der Waals surface area contributed by atoms with Gasteiger partial charge in [0.1, 0.15) is 11.4 Å². The van der Waals surface area contributed by atoms with Crippen molar-refractivity contribution in [1.29, 1.82) is 0 Å². The van der Waals surface area contributed by atoms with Crippen molar-refractivity contribution in [2.75, 3.05) is 6.61 Å². The molecule has 0 amide bonds. The highest BCUT2D eigenvalue weighted by atomic mass is 16.7. The van der Waals surface area contributed by atoms with E-state index in [1.165, 1.54) is 0 Å². The summed E-state index contributed by atoms with van der Waals surface area (Å²) in [6.45, 7) is 2.77. The minimum absolute atomic E-state index is 0.162. The van der Waals surface area contributed by atoms with Crippen LogP contribution in [0.1, 0.15) is 31.7 Å². The van der Waals surface area contributed by atoms with Crippen LogP contribution in [0.2, 0.25) is 0 Å². The number of H-pyrrole nitrogens is 1. The molecule has 5 nitrogen and oxygen atoms in total. The second-order valence-corrected chi connectivity index (χ2v) is 4.64. The third-order valence-corrected chi connectivity index (χ3v) is 3.21. The summed E-state index contributed by atoms with van der Waals surface area (Å²) in [6.07, 6.45) is 1.85. The molecular formula is C14H17N3O2. The summed E-state index contributed by atoms with van der Waals surface area (Å²) in [6, 6.07) is 9.93. The summed E-state index contributed by atoms with van der Waals surface area (Å²) in [4.78, 5) is 0. The number of aromatic amines is 1. The van der Waals surface area contributed by atoms with Gasteiger partial charge in [0.2, 0.25) is 6.29 Å². The summed E-state index contributed by atoms with van der Waals surface area (Å²) < 4.78 is 11.5. The van der Waals surface area contributed by atoms with E-state index in [9.17, 15) is 0 Å². The van der Waals surface area contributed by atoms with Gasteiger partial charge < -0.3 is 9.47 Å². The van der Waals surface area contributed by atoms with Crippen molar-refractivity contribution in [3.8, 4) is 11.3 Å². The van der Waals surface area contributed by atoms with E-state index in [2.05, 4.69) is 22.3 Å². The fourth-order valence-corrected chi connectivity index (χ4v) is 2.28. The Morgan fingerprint density at radius 1 is 1.26 bits per heavy atom. The number of aromatic nitrogens is 3. The maximum Gasteiger partial charge on any atom is 0.205 e. The van der Waals surface area contributed by atoms with Gasteiger partial charge in [0.15, 0.2) is 0 Å². The van der Waals surface area contributed by atoms with Crippen LogP contribution in [0.4, 0.5) is 0 Å². The average molecular weight is 259 g/mol. The quantitative estimate of drug-likeness (QED) is 0.917. The van der Waals surface area contributed by atoms with E-state index in [1.807, 2.05) is 30.3 Å². The number of ether oxygens (including phenoxy) is 2. The second-order valence-electron chi connectivity index (χ2n) is 4.64. The zero-order chi connectivity index (χ0) is 13.1. The van der Waals surface area contributed by atoms with Gasteiger partial charge in [0.05, 0.1) is 12.7 Å². The lowest BCUT2D eigenvalue weighted by Crippen LogP contribution is -2.09. The highest BCUT2D eigenvalue weighted by Gasteiger charge is 2.31. The van der Waals surface area contributed by atoms with E-state index in [1.54, 1.807) is 0 Å². The van der Waals surface area contributed by atoms with Crippen LogP contribution in [0.3, 0.4) is 0 Å². The molecule has 2 heterocycles. The molecule has 1 aliphatic rings. The number of benzene rings is 1. The molecule has 2 unspecified atom stereocenters. The van der Waals surface area contributed by atoms with E-state index in [4.69, 9.17) is 9.47 Å².